The van der Waals surface area contributed by atoms with Crippen molar-refractivity contribution in [3.8, 4) is 0 Å². The van der Waals surface area contributed by atoms with E-state index in [1.165, 1.54) is 25.7 Å². The molecule has 0 bridgehead atoms. The maximum absolute atomic E-state index is 12.0. The summed E-state index contributed by atoms with van der Waals surface area (Å²) >= 11 is 0. The highest BCUT2D eigenvalue weighted by molar-refractivity contribution is 7.45. The average Bonchev–Trinajstić information content (AvgIpc) is 2.96. The zero-order valence-electron chi connectivity index (χ0n) is 26.1. The van der Waals surface area contributed by atoms with Gasteiger partial charge in [-0.15, -0.1) is 0 Å². The van der Waals surface area contributed by atoms with Crippen molar-refractivity contribution in [3.05, 3.63) is 0 Å². The molecule has 0 rings (SSSR count). The van der Waals surface area contributed by atoms with Crippen molar-refractivity contribution in [1.82, 2.24) is 5.32 Å². The molecule has 2 atom stereocenters. The van der Waals surface area contributed by atoms with E-state index in [9.17, 15) is 14.3 Å². The minimum absolute atomic E-state index is 0. The fourth-order valence-corrected chi connectivity index (χ4v) is 4.50. The van der Waals surface area contributed by atoms with Crippen LogP contribution in [0.5, 0.6) is 0 Å². The molecule has 0 aromatic rings. The molecule has 0 spiro atoms. The molecule has 11 nitrogen and oxygen atoms in total. The number of phosphoric acid groups is 1. The summed E-state index contributed by atoms with van der Waals surface area (Å²) in [5, 5.41) is 3.04. The Labute approximate surface area is 256 Å². The topological polar surface area (TPSA) is 134 Å². The predicted molar refractivity (Wildman–Crippen MR) is 165 cm³/mol. The Kier molecular flexibility index (Phi) is 34.5. The third-order valence-electron chi connectivity index (χ3n) is 6.49. The number of hydrogen-bond acceptors (Lipinski definition) is 10. The minimum Gasteiger partial charge on any atom is -0.756 e. The van der Waals surface area contributed by atoms with Crippen molar-refractivity contribution in [1.29, 1.82) is 0 Å². The van der Waals surface area contributed by atoms with Gasteiger partial charge in [0.25, 0.3) is 7.82 Å². The summed E-state index contributed by atoms with van der Waals surface area (Å²) in [6, 6.07) is 0. The molecule has 0 aromatic carbocycles. The zero-order chi connectivity index (χ0) is 30.3. The normalized spacial score (nSPS) is 13.4. The molecule has 1 N–H and O–H groups in total. The molecule has 12 heteroatoms. The molecular weight excluding hydrogens is 565 g/mol. The molecule has 42 heavy (non-hydrogen) atoms. The number of carbonyl (C=O) groups is 1. The highest BCUT2D eigenvalue weighted by atomic mass is 31.2. The lowest BCUT2D eigenvalue weighted by atomic mass is 10.1. The number of unbranched alkanes of at least 4 members (excludes halogenated alkanes) is 12. The second-order valence-corrected chi connectivity index (χ2v) is 11.7. The van der Waals surface area contributed by atoms with Crippen LogP contribution in [-0.4, -0.2) is 92.7 Å². The van der Waals surface area contributed by atoms with E-state index in [1.807, 2.05) is 0 Å². The Morgan fingerprint density at radius 2 is 1.17 bits per heavy atom. The van der Waals surface area contributed by atoms with Gasteiger partial charge in [-0.25, -0.2) is 0 Å². The summed E-state index contributed by atoms with van der Waals surface area (Å²) in [6.07, 6.45) is 15.4. The molecule has 0 aromatic heterocycles. The monoisotopic (exact) mass is 628 g/mol. The lowest BCUT2D eigenvalue weighted by Crippen LogP contribution is -2.28. The molecule has 0 saturated carbocycles. The van der Waals surface area contributed by atoms with Crippen LogP contribution in [0, 0.1) is 0 Å². The molecule has 0 aliphatic carbocycles. The van der Waals surface area contributed by atoms with Gasteiger partial charge in [-0.1, -0.05) is 71.6 Å². The molecule has 2 unspecified atom stereocenters. The van der Waals surface area contributed by atoms with E-state index in [1.54, 1.807) is 14.2 Å². The average molecular weight is 629 g/mol. The van der Waals surface area contributed by atoms with Crippen molar-refractivity contribution >= 4 is 13.7 Å². The van der Waals surface area contributed by atoms with Gasteiger partial charge in [0.15, 0.2) is 0 Å². The summed E-state index contributed by atoms with van der Waals surface area (Å²) < 4.78 is 47.1. The van der Waals surface area contributed by atoms with Crippen LogP contribution in [0.3, 0.4) is 0 Å². The first kappa shape index (κ1) is 43.5. The van der Waals surface area contributed by atoms with E-state index in [4.69, 9.17) is 28.2 Å². The summed E-state index contributed by atoms with van der Waals surface area (Å²) in [5.74, 6) is 0.150. The van der Waals surface area contributed by atoms with Gasteiger partial charge in [0.2, 0.25) is 5.91 Å². The molecule has 0 saturated heterocycles. The molecule has 0 aliphatic rings. The van der Waals surface area contributed by atoms with Crippen LogP contribution in [0.4, 0.5) is 0 Å². The van der Waals surface area contributed by atoms with E-state index >= 15 is 0 Å². The van der Waals surface area contributed by atoms with Crippen LogP contribution >= 0.6 is 7.82 Å². The van der Waals surface area contributed by atoms with Gasteiger partial charge in [-0.3, -0.25) is 9.36 Å². The van der Waals surface area contributed by atoms with Crippen molar-refractivity contribution < 1.29 is 47.0 Å². The fourth-order valence-electron chi connectivity index (χ4n) is 4.04. The zero-order valence-corrected chi connectivity index (χ0v) is 27.0. The predicted octanol–water partition coefficient (Wildman–Crippen LogP) is 5.43. The number of carbonyl (C=O) groups excluding carboxylic acids is 1. The van der Waals surface area contributed by atoms with Gasteiger partial charge in [-0.05, 0) is 25.7 Å². The van der Waals surface area contributed by atoms with Crippen molar-refractivity contribution in [2.45, 2.75) is 110 Å². The third kappa shape index (κ3) is 32.3. The first-order valence-corrected chi connectivity index (χ1v) is 16.9. The minimum atomic E-state index is -4.07. The maximum Gasteiger partial charge on any atom is 0.267 e. The number of rotatable bonds is 33. The van der Waals surface area contributed by atoms with E-state index in [0.29, 0.717) is 52.7 Å². The first-order valence-electron chi connectivity index (χ1n) is 15.5. The SMILES string of the molecule is C.COCCOCC(COCCCCCCC(=O)NCCCCCCCCCCCCOP(=O)([O-])OC)OCCOC. The molecule has 0 aliphatic heterocycles. The Hall–Kier alpha value is -0.620. The lowest BCUT2D eigenvalue weighted by molar-refractivity contribution is -0.223. The Balaban J connectivity index is 0. The maximum atomic E-state index is 12.0. The van der Waals surface area contributed by atoms with Crippen LogP contribution < -0.4 is 10.2 Å². The largest absolute Gasteiger partial charge is 0.756 e. The second-order valence-electron chi connectivity index (χ2n) is 10.1. The standard InChI is InChI=1S/C29H60NO10P.CH4/c1-34-22-24-38-27-28(39-25-23-35-2)26-37-20-16-13-10-14-18-29(31)30-19-15-11-8-6-4-5-7-9-12-17-21-40-41(32,33)36-3;/h28H,4-27H2,1-3H3,(H,30,31)(H,32,33);1H4/p-1. The van der Waals surface area contributed by atoms with Gasteiger partial charge in [0, 0.05) is 40.9 Å². The van der Waals surface area contributed by atoms with Crippen molar-refractivity contribution in [2.75, 3.05) is 80.7 Å². The van der Waals surface area contributed by atoms with Crippen molar-refractivity contribution in [2.24, 2.45) is 0 Å². The van der Waals surface area contributed by atoms with E-state index < -0.39 is 7.82 Å². The van der Waals surface area contributed by atoms with Crippen LogP contribution in [0.1, 0.15) is 104 Å². The fraction of sp³-hybridized carbons (Fsp3) is 0.967. The van der Waals surface area contributed by atoms with Crippen LogP contribution in [0.15, 0.2) is 0 Å². The van der Waals surface area contributed by atoms with Gasteiger partial charge >= 0.3 is 0 Å². The number of phosphoric ester groups is 1. The molecule has 1 amide bonds. The molecular formula is C30H63NO10P-. The van der Waals surface area contributed by atoms with Gasteiger partial charge < -0.3 is 42.9 Å². The van der Waals surface area contributed by atoms with E-state index in [0.717, 1.165) is 77.9 Å². The summed E-state index contributed by atoms with van der Waals surface area (Å²) in [7, 11) is 0.331. The smallest absolute Gasteiger partial charge is 0.267 e. The number of hydrogen-bond donors (Lipinski definition) is 1. The van der Waals surface area contributed by atoms with Gasteiger partial charge in [-0.2, -0.15) is 0 Å². The number of amides is 1. The molecule has 0 radical (unpaired) electrons. The Morgan fingerprint density at radius 1 is 0.667 bits per heavy atom. The van der Waals surface area contributed by atoms with Crippen molar-refractivity contribution in [3.63, 3.8) is 0 Å². The number of nitrogens with one attached hydrogen (secondary N) is 1. The summed E-state index contributed by atoms with van der Waals surface area (Å²) in [6.45, 7) is 4.72. The summed E-state index contributed by atoms with van der Waals surface area (Å²) in [5.41, 5.74) is 0. The lowest BCUT2D eigenvalue weighted by Gasteiger charge is -2.19. The molecule has 0 fully saturated rings. The first-order chi connectivity index (χ1) is 19.9. The third-order valence-corrected chi connectivity index (χ3v) is 7.44. The van der Waals surface area contributed by atoms with Crippen LogP contribution in [-0.2, 0) is 42.1 Å². The second kappa shape index (κ2) is 33.3. The van der Waals surface area contributed by atoms with Gasteiger partial charge in [0.1, 0.15) is 6.10 Å². The molecule has 254 valence electrons. The Morgan fingerprint density at radius 3 is 1.76 bits per heavy atom. The van der Waals surface area contributed by atoms with Gasteiger partial charge in [0.05, 0.1) is 46.2 Å². The highest BCUT2D eigenvalue weighted by Crippen LogP contribution is 2.36. The molecule has 0 heterocycles. The highest BCUT2D eigenvalue weighted by Gasteiger charge is 2.10. The number of ether oxygens (including phenoxy) is 5. The van der Waals surface area contributed by atoms with Crippen LogP contribution in [0.2, 0.25) is 0 Å². The Bertz CT molecular complexity index is 615. The quantitative estimate of drug-likeness (QED) is 0.0740. The van der Waals surface area contributed by atoms with E-state index in [2.05, 4.69) is 9.84 Å². The van der Waals surface area contributed by atoms with Crippen LogP contribution in [0.25, 0.3) is 0 Å². The van der Waals surface area contributed by atoms with E-state index in [-0.39, 0.29) is 26.0 Å². The summed E-state index contributed by atoms with van der Waals surface area (Å²) in [4.78, 5) is 23.1. The number of methoxy groups -OCH3 is 2.